The molecule has 0 spiro atoms. The van der Waals surface area contributed by atoms with Gasteiger partial charge in [0.15, 0.2) is 29.6 Å². The summed E-state index contributed by atoms with van der Waals surface area (Å²) in [5.41, 5.74) is 1.26. The molecule has 3 aromatic carbocycles. The maximum atomic E-state index is 13.9. The van der Waals surface area contributed by atoms with Crippen LogP contribution in [0.3, 0.4) is 0 Å². The molecule has 0 saturated heterocycles. The molecule has 7 nitrogen and oxygen atoms in total. The number of amides is 1. The number of hydrogen-bond acceptors (Lipinski definition) is 6. The zero-order valence-corrected chi connectivity index (χ0v) is 17.8. The summed E-state index contributed by atoms with van der Waals surface area (Å²) in [6.07, 6.45) is 0. The van der Waals surface area contributed by atoms with E-state index in [9.17, 15) is 23.6 Å². The second-order valence-corrected chi connectivity index (χ2v) is 7.73. The number of para-hydroxylation sites is 1. The van der Waals surface area contributed by atoms with E-state index in [1.807, 2.05) is 0 Å². The van der Waals surface area contributed by atoms with Crippen LogP contribution in [0.15, 0.2) is 65.1 Å². The Labute approximate surface area is 192 Å². The van der Waals surface area contributed by atoms with Gasteiger partial charge in [-0.15, -0.1) is 0 Å². The van der Waals surface area contributed by atoms with E-state index in [2.05, 4.69) is 5.32 Å². The fourth-order valence-electron chi connectivity index (χ4n) is 4.04. The summed E-state index contributed by atoms with van der Waals surface area (Å²) in [6.45, 7) is 0.902. The molecule has 5 rings (SSSR count). The number of carbonyl (C=O) groups is 4. The smallest absolute Gasteiger partial charge is 0.375 e. The van der Waals surface area contributed by atoms with E-state index in [0.717, 1.165) is 0 Å². The van der Waals surface area contributed by atoms with Gasteiger partial charge in [0, 0.05) is 27.6 Å². The van der Waals surface area contributed by atoms with Crippen LogP contribution in [0.2, 0.25) is 0 Å². The Morgan fingerprint density at radius 2 is 1.59 bits per heavy atom. The zero-order chi connectivity index (χ0) is 24.0. The molecule has 1 aliphatic carbocycles. The number of nitrogens with one attached hydrogen (secondary N) is 1. The lowest BCUT2D eigenvalue weighted by Crippen LogP contribution is -2.26. The Bertz CT molecular complexity index is 1530. The first kappa shape index (κ1) is 21.3. The van der Waals surface area contributed by atoms with E-state index in [0.29, 0.717) is 16.5 Å². The SMILES string of the molecule is Cc1c(C(=O)OCC(=O)Nc2cccc3c2C(=O)c2ccccc2C3=O)oc2c(F)cccc12. The van der Waals surface area contributed by atoms with Gasteiger partial charge in [0.05, 0.1) is 11.3 Å². The number of ketones is 2. The van der Waals surface area contributed by atoms with Crippen molar-refractivity contribution in [3.8, 4) is 0 Å². The van der Waals surface area contributed by atoms with Crippen LogP contribution in [0, 0.1) is 12.7 Å². The number of ether oxygens (including phenoxy) is 1. The van der Waals surface area contributed by atoms with Crippen LogP contribution in [-0.4, -0.2) is 30.0 Å². The molecule has 0 unspecified atom stereocenters. The van der Waals surface area contributed by atoms with Crippen LogP contribution >= 0.6 is 0 Å². The van der Waals surface area contributed by atoms with Crippen LogP contribution < -0.4 is 5.32 Å². The molecular weight excluding hydrogens is 441 g/mol. The summed E-state index contributed by atoms with van der Waals surface area (Å²) >= 11 is 0. The zero-order valence-electron chi connectivity index (χ0n) is 17.8. The lowest BCUT2D eigenvalue weighted by molar-refractivity contribution is -0.119. The molecule has 0 atom stereocenters. The van der Waals surface area contributed by atoms with Gasteiger partial charge in [0.1, 0.15) is 0 Å². The number of rotatable bonds is 4. The highest BCUT2D eigenvalue weighted by Gasteiger charge is 2.31. The number of carbonyl (C=O) groups excluding carboxylic acids is 4. The van der Waals surface area contributed by atoms with Crippen molar-refractivity contribution in [3.05, 3.63) is 100 Å². The molecule has 0 radical (unpaired) electrons. The third-order valence-electron chi connectivity index (χ3n) is 5.66. The minimum Gasteiger partial charge on any atom is -0.450 e. The summed E-state index contributed by atoms with van der Waals surface area (Å²) in [6, 6.07) is 15.3. The number of aryl methyl sites for hydroxylation is 1. The quantitative estimate of drug-likeness (QED) is 0.400. The number of esters is 1. The van der Waals surface area contributed by atoms with Crippen LogP contribution in [0.5, 0.6) is 0 Å². The Morgan fingerprint density at radius 1 is 0.912 bits per heavy atom. The second kappa shape index (κ2) is 8.08. The summed E-state index contributed by atoms with van der Waals surface area (Å²) < 4.78 is 24.3. The molecule has 1 aliphatic rings. The molecule has 1 heterocycles. The van der Waals surface area contributed by atoms with Gasteiger partial charge < -0.3 is 14.5 Å². The monoisotopic (exact) mass is 457 g/mol. The van der Waals surface area contributed by atoms with Crippen molar-refractivity contribution in [3.63, 3.8) is 0 Å². The number of furan rings is 1. The lowest BCUT2D eigenvalue weighted by atomic mass is 9.83. The standard InChI is InChI=1S/C26H16FNO6/c1-13-14-8-4-10-18(27)25(14)34-24(13)26(32)33-12-20(29)28-19-11-5-9-17-21(19)23(31)16-7-3-2-6-15(16)22(17)30/h2-11H,12H2,1H3,(H,28,29). The van der Waals surface area contributed by atoms with Crippen molar-refractivity contribution in [2.45, 2.75) is 6.92 Å². The molecule has 0 saturated carbocycles. The third-order valence-corrected chi connectivity index (χ3v) is 5.66. The molecular formula is C26H16FNO6. The van der Waals surface area contributed by atoms with E-state index < -0.39 is 30.1 Å². The number of halogens is 1. The van der Waals surface area contributed by atoms with Crippen LogP contribution in [0.1, 0.15) is 48.0 Å². The molecule has 1 amide bonds. The van der Waals surface area contributed by atoms with Crippen molar-refractivity contribution in [1.82, 2.24) is 0 Å². The Hall–Kier alpha value is -4.59. The Morgan fingerprint density at radius 3 is 2.32 bits per heavy atom. The minimum absolute atomic E-state index is 0.0734. The van der Waals surface area contributed by atoms with Crippen molar-refractivity contribution in [2.75, 3.05) is 11.9 Å². The highest BCUT2D eigenvalue weighted by atomic mass is 19.1. The first-order valence-electron chi connectivity index (χ1n) is 10.3. The van der Waals surface area contributed by atoms with Gasteiger partial charge in [-0.2, -0.15) is 0 Å². The van der Waals surface area contributed by atoms with E-state index in [1.165, 1.54) is 24.3 Å². The third kappa shape index (κ3) is 3.36. The predicted octanol–water partition coefficient (Wildman–Crippen LogP) is 4.45. The maximum absolute atomic E-state index is 13.9. The number of benzene rings is 3. The summed E-state index contributed by atoms with van der Waals surface area (Å²) in [4.78, 5) is 50.8. The lowest BCUT2D eigenvalue weighted by Gasteiger charge is -2.20. The average molecular weight is 457 g/mol. The molecule has 0 bridgehead atoms. The van der Waals surface area contributed by atoms with E-state index in [-0.39, 0.29) is 39.5 Å². The van der Waals surface area contributed by atoms with Crippen molar-refractivity contribution >= 4 is 40.1 Å². The number of hydrogen-bond donors (Lipinski definition) is 1. The van der Waals surface area contributed by atoms with Crippen molar-refractivity contribution < 1.29 is 32.7 Å². The van der Waals surface area contributed by atoms with Crippen LogP contribution in [-0.2, 0) is 9.53 Å². The van der Waals surface area contributed by atoms with Crippen molar-refractivity contribution in [2.24, 2.45) is 0 Å². The van der Waals surface area contributed by atoms with E-state index in [1.54, 1.807) is 43.3 Å². The normalized spacial score (nSPS) is 12.3. The summed E-state index contributed by atoms with van der Waals surface area (Å²) in [5.74, 6) is -3.19. The molecule has 34 heavy (non-hydrogen) atoms. The highest BCUT2D eigenvalue weighted by molar-refractivity contribution is 6.30. The Kier molecular flexibility index (Phi) is 5.05. The molecule has 4 aromatic rings. The van der Waals surface area contributed by atoms with Crippen LogP contribution in [0.4, 0.5) is 10.1 Å². The van der Waals surface area contributed by atoms with Gasteiger partial charge in [0.25, 0.3) is 5.91 Å². The number of fused-ring (bicyclic) bond motifs is 3. The van der Waals surface area contributed by atoms with Gasteiger partial charge in [-0.1, -0.05) is 48.5 Å². The van der Waals surface area contributed by atoms with Gasteiger partial charge >= 0.3 is 5.97 Å². The second-order valence-electron chi connectivity index (χ2n) is 7.73. The van der Waals surface area contributed by atoms with E-state index >= 15 is 0 Å². The molecule has 1 N–H and O–H groups in total. The minimum atomic E-state index is -0.932. The first-order chi connectivity index (χ1) is 16.4. The largest absolute Gasteiger partial charge is 0.450 e. The van der Waals surface area contributed by atoms with Gasteiger partial charge in [0.2, 0.25) is 5.76 Å². The van der Waals surface area contributed by atoms with Gasteiger partial charge in [-0.05, 0) is 19.1 Å². The molecule has 8 heteroatoms. The summed E-state index contributed by atoms with van der Waals surface area (Å²) in [7, 11) is 0. The maximum Gasteiger partial charge on any atom is 0.375 e. The molecule has 0 aliphatic heterocycles. The Balaban J connectivity index is 1.34. The number of anilines is 1. The van der Waals surface area contributed by atoms with Gasteiger partial charge in [-0.3, -0.25) is 14.4 Å². The topological polar surface area (TPSA) is 103 Å². The van der Waals surface area contributed by atoms with Crippen LogP contribution in [0.25, 0.3) is 11.0 Å². The summed E-state index contributed by atoms with van der Waals surface area (Å²) in [5, 5.41) is 2.96. The average Bonchev–Trinajstić information content (AvgIpc) is 3.19. The van der Waals surface area contributed by atoms with Gasteiger partial charge in [-0.25, -0.2) is 9.18 Å². The molecule has 1 aromatic heterocycles. The fraction of sp³-hybridized carbons (Fsp3) is 0.0769. The molecule has 168 valence electrons. The first-order valence-corrected chi connectivity index (χ1v) is 10.3. The van der Waals surface area contributed by atoms with E-state index in [4.69, 9.17) is 9.15 Å². The highest BCUT2D eigenvalue weighted by Crippen LogP contribution is 2.32. The molecule has 0 fully saturated rings. The predicted molar refractivity (Wildman–Crippen MR) is 120 cm³/mol. The fourth-order valence-corrected chi connectivity index (χ4v) is 4.04. The van der Waals surface area contributed by atoms with Crippen molar-refractivity contribution in [1.29, 1.82) is 0 Å².